The minimum atomic E-state index is -1.35. The molecule has 0 fully saturated rings. The molecule has 0 aliphatic carbocycles. The van der Waals surface area contributed by atoms with Crippen molar-refractivity contribution in [2.24, 2.45) is 4.99 Å². The molecule has 1 unspecified atom stereocenters. The molecule has 1 aliphatic heterocycles. The molecule has 1 heterocycles. The van der Waals surface area contributed by atoms with Gasteiger partial charge in [0.2, 0.25) is 11.6 Å². The molecule has 2 atom stereocenters. The van der Waals surface area contributed by atoms with Gasteiger partial charge in [-0.15, -0.1) is 0 Å². The first-order valence-electron chi connectivity index (χ1n) is 10.1. The van der Waals surface area contributed by atoms with Crippen molar-refractivity contribution in [1.29, 1.82) is 0 Å². The standard InChI is InChI=1S/C25H25NO5S/c1-16-9-11-18(12-10-16)32(27)23-8-6-5-7-19(23)25-26-20(15-31-25)17-13-21(28-2)24(30-4)22(14-17)29-3/h5-14,20H,15H2,1-4H3/t20?,32-/m0/s1. The number of hydrogen-bond acceptors (Lipinski definition) is 6. The lowest BCUT2D eigenvalue weighted by Gasteiger charge is -2.15. The lowest BCUT2D eigenvalue weighted by Crippen LogP contribution is -2.11. The molecule has 3 aromatic rings. The summed E-state index contributed by atoms with van der Waals surface area (Å²) in [7, 11) is 4.73. The topological polar surface area (TPSA) is 72.3 Å². The lowest BCUT2D eigenvalue weighted by molar-refractivity contribution is 0.312. The van der Waals surface area contributed by atoms with Crippen molar-refractivity contribution in [3.8, 4) is 17.2 Å². The smallest absolute Gasteiger partial charge is 0.222 e. The van der Waals surface area contributed by atoms with Crippen LogP contribution in [0.3, 0.4) is 0 Å². The fourth-order valence-corrected chi connectivity index (χ4v) is 4.77. The van der Waals surface area contributed by atoms with E-state index in [1.165, 1.54) is 0 Å². The van der Waals surface area contributed by atoms with Gasteiger partial charge in [-0.1, -0.05) is 29.8 Å². The minimum Gasteiger partial charge on any atom is -0.606 e. The third-order valence-electron chi connectivity index (χ3n) is 5.28. The van der Waals surface area contributed by atoms with Gasteiger partial charge in [-0.25, -0.2) is 4.99 Å². The summed E-state index contributed by atoms with van der Waals surface area (Å²) in [6, 6.07) is 18.7. The Morgan fingerprint density at radius 1 is 0.938 bits per heavy atom. The molecule has 32 heavy (non-hydrogen) atoms. The number of hydrogen-bond donors (Lipinski definition) is 0. The maximum Gasteiger partial charge on any atom is 0.222 e. The molecule has 0 spiro atoms. The Bertz CT molecular complexity index is 1100. The molecule has 0 amide bonds. The Morgan fingerprint density at radius 2 is 1.59 bits per heavy atom. The molecule has 7 heteroatoms. The monoisotopic (exact) mass is 451 g/mol. The van der Waals surface area contributed by atoms with E-state index in [9.17, 15) is 4.55 Å². The number of methoxy groups -OCH3 is 3. The van der Waals surface area contributed by atoms with Gasteiger partial charge in [0, 0.05) is 11.2 Å². The fourth-order valence-electron chi connectivity index (χ4n) is 3.58. The summed E-state index contributed by atoms with van der Waals surface area (Å²) in [5, 5.41) is 0. The number of rotatable bonds is 7. The highest BCUT2D eigenvalue weighted by Gasteiger charge is 2.29. The largest absolute Gasteiger partial charge is 0.606 e. The zero-order chi connectivity index (χ0) is 22.7. The zero-order valence-electron chi connectivity index (χ0n) is 18.5. The van der Waals surface area contributed by atoms with Crippen molar-refractivity contribution in [1.82, 2.24) is 0 Å². The Morgan fingerprint density at radius 3 is 2.22 bits per heavy atom. The van der Waals surface area contributed by atoms with Crippen molar-refractivity contribution < 1.29 is 23.5 Å². The number of benzene rings is 3. The van der Waals surface area contributed by atoms with Crippen molar-refractivity contribution in [3.63, 3.8) is 0 Å². The van der Waals surface area contributed by atoms with E-state index in [0.29, 0.717) is 34.6 Å². The first-order valence-corrected chi connectivity index (χ1v) is 11.3. The summed E-state index contributed by atoms with van der Waals surface area (Å²) in [6.45, 7) is 2.37. The van der Waals surface area contributed by atoms with Crippen LogP contribution < -0.4 is 14.2 Å². The van der Waals surface area contributed by atoms with Crippen LogP contribution in [-0.2, 0) is 15.9 Å². The van der Waals surface area contributed by atoms with Gasteiger partial charge in [-0.3, -0.25) is 0 Å². The third kappa shape index (κ3) is 4.26. The Labute approximate surface area is 191 Å². The van der Waals surface area contributed by atoms with Crippen LogP contribution in [0.5, 0.6) is 17.2 Å². The predicted molar refractivity (Wildman–Crippen MR) is 124 cm³/mol. The van der Waals surface area contributed by atoms with Crippen LogP contribution in [0.15, 0.2) is 75.4 Å². The van der Waals surface area contributed by atoms with E-state index in [0.717, 1.165) is 21.6 Å². The highest BCUT2D eigenvalue weighted by atomic mass is 32.2. The van der Waals surface area contributed by atoms with Gasteiger partial charge in [0.05, 0.1) is 26.9 Å². The average Bonchev–Trinajstić information content (AvgIpc) is 3.33. The SMILES string of the molecule is COc1cc(C2COC(c3ccccc3[S@@+]([O-])c3ccc(C)cc3)=N2)cc(OC)c1OC. The summed E-state index contributed by atoms with van der Waals surface area (Å²) < 4.78 is 35.6. The first-order chi connectivity index (χ1) is 15.5. The van der Waals surface area contributed by atoms with E-state index in [4.69, 9.17) is 23.9 Å². The molecule has 0 bridgehead atoms. The number of ether oxygens (including phenoxy) is 4. The molecular weight excluding hydrogens is 426 g/mol. The average molecular weight is 452 g/mol. The molecule has 0 N–H and O–H groups in total. The van der Waals surface area contributed by atoms with Gasteiger partial charge in [-0.2, -0.15) is 0 Å². The van der Waals surface area contributed by atoms with Crippen molar-refractivity contribution in [2.45, 2.75) is 22.8 Å². The lowest BCUT2D eigenvalue weighted by atomic mass is 10.1. The van der Waals surface area contributed by atoms with E-state index in [1.807, 2.05) is 67.6 Å². The maximum absolute atomic E-state index is 13.3. The molecule has 0 saturated carbocycles. The van der Waals surface area contributed by atoms with Crippen LogP contribution in [0.2, 0.25) is 0 Å². The molecule has 0 aromatic heterocycles. The van der Waals surface area contributed by atoms with Crippen LogP contribution >= 0.6 is 0 Å². The van der Waals surface area contributed by atoms with Crippen LogP contribution in [0.1, 0.15) is 22.7 Å². The number of aliphatic imine (C=N–C) groups is 1. The summed E-state index contributed by atoms with van der Waals surface area (Å²) in [5.74, 6) is 2.12. The Hall–Kier alpha value is -3.16. The Kier molecular flexibility index (Phi) is 6.58. The van der Waals surface area contributed by atoms with Gasteiger partial charge in [-0.05, 0) is 48.9 Å². The molecule has 166 valence electrons. The Balaban J connectivity index is 1.68. The molecule has 4 rings (SSSR count). The van der Waals surface area contributed by atoms with Gasteiger partial charge in [0.15, 0.2) is 21.3 Å². The molecule has 1 aliphatic rings. The van der Waals surface area contributed by atoms with Crippen LogP contribution in [-0.4, -0.2) is 38.4 Å². The summed E-state index contributed by atoms with van der Waals surface area (Å²) >= 11 is -1.35. The molecule has 0 radical (unpaired) electrons. The van der Waals surface area contributed by atoms with E-state index in [-0.39, 0.29) is 6.04 Å². The van der Waals surface area contributed by atoms with Gasteiger partial charge in [0.25, 0.3) is 0 Å². The quantitative estimate of drug-likeness (QED) is 0.487. The van der Waals surface area contributed by atoms with E-state index >= 15 is 0 Å². The second-order valence-electron chi connectivity index (χ2n) is 7.30. The molecule has 0 saturated heterocycles. The zero-order valence-corrected chi connectivity index (χ0v) is 19.3. The summed E-state index contributed by atoms with van der Waals surface area (Å²) in [6.07, 6.45) is 0. The van der Waals surface area contributed by atoms with E-state index in [2.05, 4.69) is 0 Å². The van der Waals surface area contributed by atoms with Gasteiger partial charge in [0.1, 0.15) is 12.6 Å². The van der Waals surface area contributed by atoms with Gasteiger partial charge < -0.3 is 23.5 Å². The second kappa shape index (κ2) is 9.54. The van der Waals surface area contributed by atoms with Crippen molar-refractivity contribution >= 4 is 17.1 Å². The normalized spacial score (nSPS) is 16.2. The highest BCUT2D eigenvalue weighted by molar-refractivity contribution is 7.91. The van der Waals surface area contributed by atoms with Crippen LogP contribution in [0, 0.1) is 6.92 Å². The molecule has 6 nitrogen and oxygen atoms in total. The number of nitrogens with zero attached hydrogens (tertiary/aromatic N) is 1. The second-order valence-corrected chi connectivity index (χ2v) is 8.75. The molecule has 3 aromatic carbocycles. The number of aryl methyl sites for hydroxylation is 1. The van der Waals surface area contributed by atoms with Crippen LogP contribution in [0.25, 0.3) is 0 Å². The first kappa shape index (κ1) is 22.0. The van der Waals surface area contributed by atoms with Gasteiger partial charge >= 0.3 is 0 Å². The minimum absolute atomic E-state index is 0.250. The maximum atomic E-state index is 13.3. The van der Waals surface area contributed by atoms with Crippen molar-refractivity contribution in [2.75, 3.05) is 27.9 Å². The third-order valence-corrected chi connectivity index (χ3v) is 6.73. The highest BCUT2D eigenvalue weighted by Crippen LogP contribution is 2.41. The van der Waals surface area contributed by atoms with Crippen molar-refractivity contribution in [3.05, 3.63) is 77.4 Å². The fraction of sp³-hybridized carbons (Fsp3) is 0.240. The van der Waals surface area contributed by atoms with E-state index < -0.39 is 11.2 Å². The summed E-state index contributed by atoms with van der Waals surface area (Å²) in [5.41, 5.74) is 2.73. The molecular formula is C25H25NO5S. The van der Waals surface area contributed by atoms with E-state index in [1.54, 1.807) is 21.3 Å². The summed E-state index contributed by atoms with van der Waals surface area (Å²) in [4.78, 5) is 6.20. The van der Waals surface area contributed by atoms with Crippen LogP contribution in [0.4, 0.5) is 0 Å². The predicted octanol–water partition coefficient (Wildman–Crippen LogP) is 4.71.